The zero-order chi connectivity index (χ0) is 17.5. The van der Waals surface area contributed by atoms with Crippen LogP contribution in [0.25, 0.3) is 0 Å². The van der Waals surface area contributed by atoms with Gasteiger partial charge in [0.15, 0.2) is 0 Å². The number of aromatic nitrogens is 2. The van der Waals surface area contributed by atoms with Crippen molar-refractivity contribution in [1.29, 1.82) is 0 Å². The third-order valence-corrected chi connectivity index (χ3v) is 3.68. The fourth-order valence-electron chi connectivity index (χ4n) is 2.22. The topological polar surface area (TPSA) is 76.1 Å². The van der Waals surface area contributed by atoms with Crippen LogP contribution in [-0.4, -0.2) is 36.1 Å². The number of anilines is 2. The molecule has 0 aliphatic carbocycles. The Bertz CT molecular complexity index is 681. The van der Waals surface area contributed by atoms with E-state index in [0.717, 1.165) is 24.1 Å². The molecule has 1 aromatic carbocycles. The van der Waals surface area contributed by atoms with Gasteiger partial charge in [-0.2, -0.15) is 0 Å². The maximum atomic E-state index is 12.3. The van der Waals surface area contributed by atoms with Crippen molar-refractivity contribution in [2.45, 2.75) is 20.3 Å². The molecule has 1 heterocycles. The van der Waals surface area contributed by atoms with E-state index in [1.807, 2.05) is 26.0 Å². The van der Waals surface area contributed by atoms with Gasteiger partial charge in [-0.1, -0.05) is 17.7 Å². The zero-order valence-corrected chi connectivity index (χ0v) is 14.8. The Morgan fingerprint density at radius 3 is 2.67 bits per heavy atom. The summed E-state index contributed by atoms with van der Waals surface area (Å²) in [6, 6.07) is 3.77. The van der Waals surface area contributed by atoms with Gasteiger partial charge >= 0.3 is 0 Å². The minimum Gasteiger partial charge on any atom is -0.385 e. The molecular formula is C17H21ClN4O2. The van der Waals surface area contributed by atoms with E-state index in [1.54, 1.807) is 7.11 Å². The van der Waals surface area contributed by atoms with Gasteiger partial charge in [-0.15, -0.1) is 0 Å². The molecule has 2 aromatic rings. The quantitative estimate of drug-likeness (QED) is 0.749. The fourth-order valence-corrected chi connectivity index (χ4v) is 2.59. The molecular weight excluding hydrogens is 328 g/mol. The predicted molar refractivity (Wildman–Crippen MR) is 95.9 cm³/mol. The average molecular weight is 349 g/mol. The molecule has 0 bridgehead atoms. The van der Waals surface area contributed by atoms with Crippen LogP contribution < -0.4 is 10.6 Å². The Morgan fingerprint density at radius 1 is 1.25 bits per heavy atom. The van der Waals surface area contributed by atoms with Gasteiger partial charge in [0.1, 0.15) is 11.5 Å². The normalized spacial score (nSPS) is 10.5. The number of carbonyl (C=O) groups is 1. The lowest BCUT2D eigenvalue weighted by molar-refractivity contribution is 0.102. The molecule has 0 radical (unpaired) electrons. The highest BCUT2D eigenvalue weighted by Crippen LogP contribution is 2.27. The largest absolute Gasteiger partial charge is 0.385 e. The first-order valence-electron chi connectivity index (χ1n) is 7.64. The summed E-state index contributed by atoms with van der Waals surface area (Å²) in [4.78, 5) is 20.6. The van der Waals surface area contributed by atoms with Crippen molar-refractivity contribution in [2.24, 2.45) is 0 Å². The SMILES string of the molecule is COCCCNc1cnc(C(=O)Nc2c(C)cc(C)cc2Cl)cn1. The number of rotatable bonds is 7. The summed E-state index contributed by atoms with van der Waals surface area (Å²) in [5.41, 5.74) is 2.77. The number of methoxy groups -OCH3 is 1. The summed E-state index contributed by atoms with van der Waals surface area (Å²) in [6.07, 6.45) is 3.84. The van der Waals surface area contributed by atoms with Gasteiger partial charge < -0.3 is 15.4 Å². The molecule has 0 aliphatic heterocycles. The summed E-state index contributed by atoms with van der Waals surface area (Å²) in [6.45, 7) is 5.26. The Hall–Kier alpha value is -2.18. The van der Waals surface area contributed by atoms with Crippen LogP contribution in [0.4, 0.5) is 11.5 Å². The number of nitrogens with zero attached hydrogens (tertiary/aromatic N) is 2. The Morgan fingerprint density at radius 2 is 2.04 bits per heavy atom. The van der Waals surface area contributed by atoms with Gasteiger partial charge in [0.25, 0.3) is 5.91 Å². The van der Waals surface area contributed by atoms with Crippen molar-refractivity contribution >= 4 is 29.0 Å². The van der Waals surface area contributed by atoms with E-state index in [4.69, 9.17) is 16.3 Å². The number of hydrogen-bond donors (Lipinski definition) is 2. The second-order valence-electron chi connectivity index (χ2n) is 5.45. The number of ether oxygens (including phenoxy) is 1. The Labute approximate surface area is 146 Å². The second kappa shape index (κ2) is 8.61. The van der Waals surface area contributed by atoms with Crippen molar-refractivity contribution in [1.82, 2.24) is 9.97 Å². The lowest BCUT2D eigenvalue weighted by atomic mass is 10.1. The molecule has 0 aliphatic rings. The van der Waals surface area contributed by atoms with E-state index in [2.05, 4.69) is 20.6 Å². The first-order valence-corrected chi connectivity index (χ1v) is 8.02. The Balaban J connectivity index is 2.00. The standard InChI is InChI=1S/C17H21ClN4O2/c1-11-7-12(2)16(13(18)8-11)22-17(23)14-9-21-15(10-20-14)19-5-4-6-24-3/h7-10H,4-6H2,1-3H3,(H,19,21)(H,22,23). The molecule has 0 spiro atoms. The van der Waals surface area contributed by atoms with E-state index < -0.39 is 0 Å². The molecule has 0 unspecified atom stereocenters. The molecule has 1 aromatic heterocycles. The maximum absolute atomic E-state index is 12.3. The molecule has 6 nitrogen and oxygen atoms in total. The molecule has 24 heavy (non-hydrogen) atoms. The second-order valence-corrected chi connectivity index (χ2v) is 5.86. The van der Waals surface area contributed by atoms with Crippen molar-refractivity contribution in [3.05, 3.63) is 46.4 Å². The molecule has 0 saturated heterocycles. The minimum absolute atomic E-state index is 0.230. The van der Waals surface area contributed by atoms with Crippen LogP contribution in [0.2, 0.25) is 5.02 Å². The summed E-state index contributed by atoms with van der Waals surface area (Å²) >= 11 is 6.20. The van der Waals surface area contributed by atoms with Gasteiger partial charge in [0, 0.05) is 20.3 Å². The number of halogens is 1. The highest BCUT2D eigenvalue weighted by Gasteiger charge is 2.13. The predicted octanol–water partition coefficient (Wildman–Crippen LogP) is 3.45. The van der Waals surface area contributed by atoms with Gasteiger partial charge in [0.05, 0.1) is 23.1 Å². The molecule has 0 atom stereocenters. The van der Waals surface area contributed by atoms with Gasteiger partial charge in [-0.05, 0) is 37.5 Å². The lowest BCUT2D eigenvalue weighted by Gasteiger charge is -2.11. The molecule has 0 fully saturated rings. The molecule has 2 N–H and O–H groups in total. The average Bonchev–Trinajstić information content (AvgIpc) is 2.55. The number of carbonyl (C=O) groups excluding carboxylic acids is 1. The Kier molecular flexibility index (Phi) is 6.52. The van der Waals surface area contributed by atoms with Crippen LogP contribution in [0.15, 0.2) is 24.5 Å². The van der Waals surface area contributed by atoms with Crippen LogP contribution in [0, 0.1) is 13.8 Å². The van der Waals surface area contributed by atoms with Crippen molar-refractivity contribution in [3.63, 3.8) is 0 Å². The number of hydrogen-bond acceptors (Lipinski definition) is 5. The minimum atomic E-state index is -0.345. The summed E-state index contributed by atoms with van der Waals surface area (Å²) in [5.74, 6) is 0.273. The van der Waals surface area contributed by atoms with Gasteiger partial charge in [-0.3, -0.25) is 4.79 Å². The first-order chi connectivity index (χ1) is 11.5. The smallest absolute Gasteiger partial charge is 0.275 e. The van der Waals surface area contributed by atoms with E-state index >= 15 is 0 Å². The molecule has 1 amide bonds. The van der Waals surface area contributed by atoms with Gasteiger partial charge in [-0.25, -0.2) is 9.97 Å². The highest BCUT2D eigenvalue weighted by atomic mass is 35.5. The van der Waals surface area contributed by atoms with Crippen molar-refractivity contribution in [2.75, 3.05) is 30.9 Å². The molecule has 2 rings (SSSR count). The third kappa shape index (κ3) is 4.91. The zero-order valence-electron chi connectivity index (χ0n) is 14.0. The third-order valence-electron chi connectivity index (χ3n) is 3.39. The van der Waals surface area contributed by atoms with Crippen LogP contribution in [0.1, 0.15) is 28.0 Å². The van der Waals surface area contributed by atoms with E-state index in [-0.39, 0.29) is 11.6 Å². The van der Waals surface area contributed by atoms with Crippen LogP contribution in [0.3, 0.4) is 0 Å². The van der Waals surface area contributed by atoms with E-state index in [1.165, 1.54) is 12.4 Å². The molecule has 7 heteroatoms. The number of amides is 1. The maximum Gasteiger partial charge on any atom is 0.275 e. The van der Waals surface area contributed by atoms with Crippen LogP contribution in [0.5, 0.6) is 0 Å². The highest BCUT2D eigenvalue weighted by molar-refractivity contribution is 6.34. The summed E-state index contributed by atoms with van der Waals surface area (Å²) in [7, 11) is 1.66. The number of nitrogens with one attached hydrogen (secondary N) is 2. The van der Waals surface area contributed by atoms with Crippen LogP contribution >= 0.6 is 11.6 Å². The number of benzene rings is 1. The lowest BCUT2D eigenvalue weighted by Crippen LogP contribution is -2.16. The molecule has 128 valence electrons. The summed E-state index contributed by atoms with van der Waals surface area (Å²) in [5, 5.41) is 6.41. The number of aryl methyl sites for hydroxylation is 2. The van der Waals surface area contributed by atoms with E-state index in [9.17, 15) is 4.79 Å². The van der Waals surface area contributed by atoms with Crippen molar-refractivity contribution in [3.8, 4) is 0 Å². The van der Waals surface area contributed by atoms with Crippen LogP contribution in [-0.2, 0) is 4.74 Å². The monoisotopic (exact) mass is 348 g/mol. The van der Waals surface area contributed by atoms with Gasteiger partial charge in [0.2, 0.25) is 0 Å². The van der Waals surface area contributed by atoms with E-state index in [0.29, 0.717) is 23.1 Å². The first kappa shape index (κ1) is 18.2. The summed E-state index contributed by atoms with van der Waals surface area (Å²) < 4.78 is 4.97. The fraction of sp³-hybridized carbons (Fsp3) is 0.353. The van der Waals surface area contributed by atoms with Crippen molar-refractivity contribution < 1.29 is 9.53 Å². The molecule has 0 saturated carbocycles.